The van der Waals surface area contributed by atoms with E-state index in [4.69, 9.17) is 19.3 Å². The molecule has 1 fully saturated rings. The van der Waals surface area contributed by atoms with E-state index in [1.165, 1.54) is 75.2 Å². The summed E-state index contributed by atoms with van der Waals surface area (Å²) in [4.78, 5) is 16.6. The Morgan fingerprint density at radius 2 is 1.50 bits per heavy atom. The van der Waals surface area contributed by atoms with E-state index in [1.807, 2.05) is 0 Å². The molecule has 0 aliphatic carbocycles. The van der Waals surface area contributed by atoms with Crippen LogP contribution in [0.3, 0.4) is 0 Å². The summed E-state index contributed by atoms with van der Waals surface area (Å²) in [6, 6.07) is 6.11. The van der Waals surface area contributed by atoms with Crippen LogP contribution in [-0.4, -0.2) is 45.0 Å². The predicted octanol–water partition coefficient (Wildman–Crippen LogP) is 7.40. The molecule has 0 aromatic carbocycles. The summed E-state index contributed by atoms with van der Waals surface area (Å²) in [6.07, 6.45) is 14.9. The van der Waals surface area contributed by atoms with Crippen LogP contribution in [-0.2, 0) is 13.6 Å². The van der Waals surface area contributed by atoms with Gasteiger partial charge in [0.2, 0.25) is 0 Å². The Balaban J connectivity index is 2.11. The lowest BCUT2D eigenvalue weighted by atomic mass is 10.0. The lowest BCUT2D eigenvalue weighted by molar-refractivity contribution is -0.0416. The first-order valence-corrected chi connectivity index (χ1v) is 22.0. The fourth-order valence-corrected chi connectivity index (χ4v) is 9.60. The summed E-state index contributed by atoms with van der Waals surface area (Å²) in [5, 5.41) is 10.3. The van der Waals surface area contributed by atoms with Crippen molar-refractivity contribution in [2.45, 2.75) is 148 Å². The minimum atomic E-state index is -2.10. The maximum absolute atomic E-state index is 12.7. The smallest absolute Gasteiger partial charge is 0.351 e. The number of nitriles is 1. The van der Waals surface area contributed by atoms with Crippen molar-refractivity contribution in [3.8, 4) is 6.07 Å². The number of unbranched alkanes of at least 4 members (excludes halogenated alkanes) is 10. The lowest BCUT2D eigenvalue weighted by Crippen LogP contribution is -2.44. The minimum absolute atomic E-state index is 0.148. The van der Waals surface area contributed by atoms with Crippen molar-refractivity contribution in [1.82, 2.24) is 9.55 Å². The fraction of sp³-hybridized carbons (Fsp3) is 0.833. The number of hydrogen-bond acceptors (Lipinski definition) is 7. The molecule has 0 radical (unpaired) electrons. The van der Waals surface area contributed by atoms with Gasteiger partial charge in [0.25, 0.3) is 0 Å². The molecule has 0 unspecified atom stereocenters. The number of rotatable bonds is 20. The van der Waals surface area contributed by atoms with Gasteiger partial charge in [0, 0.05) is 6.20 Å². The second kappa shape index (κ2) is 17.4. The summed E-state index contributed by atoms with van der Waals surface area (Å²) in [7, 11) is -4.02. The minimum Gasteiger partial charge on any atom is -0.415 e. The van der Waals surface area contributed by atoms with Gasteiger partial charge >= 0.3 is 5.69 Å². The Bertz CT molecular complexity index is 966. The molecule has 1 saturated heterocycles. The molecule has 0 saturated carbocycles. The Morgan fingerprint density at radius 3 is 2.05 bits per heavy atom. The Kier molecular flexibility index (Phi) is 15.1. The molecule has 2 heterocycles. The van der Waals surface area contributed by atoms with Gasteiger partial charge in [-0.1, -0.05) is 90.9 Å². The van der Waals surface area contributed by atoms with E-state index in [2.05, 4.69) is 51.1 Å². The average molecular weight is 593 g/mol. The topological polar surface area (TPSA) is 112 Å². The fourth-order valence-electron chi connectivity index (χ4n) is 5.48. The van der Waals surface area contributed by atoms with Crippen LogP contribution >= 0.6 is 0 Å². The zero-order valence-electron chi connectivity index (χ0n) is 26.1. The molecule has 1 aromatic heterocycles. The van der Waals surface area contributed by atoms with Crippen molar-refractivity contribution in [1.29, 1.82) is 5.26 Å². The van der Waals surface area contributed by atoms with Gasteiger partial charge in [0.15, 0.2) is 22.9 Å². The van der Waals surface area contributed by atoms with Gasteiger partial charge in [-0.2, -0.15) is 10.2 Å². The Hall–Kier alpha value is -1.52. The third kappa shape index (κ3) is 11.8. The summed E-state index contributed by atoms with van der Waals surface area (Å²) in [5.41, 5.74) is 5.20. The highest BCUT2D eigenvalue weighted by atomic mass is 28.4. The van der Waals surface area contributed by atoms with E-state index in [0.717, 1.165) is 18.5 Å². The maximum Gasteiger partial charge on any atom is 0.351 e. The van der Waals surface area contributed by atoms with Crippen molar-refractivity contribution in [3.63, 3.8) is 0 Å². The first-order valence-electron chi connectivity index (χ1n) is 15.7. The lowest BCUT2D eigenvalue weighted by Gasteiger charge is -2.32. The zero-order chi connectivity index (χ0) is 29.6. The Morgan fingerprint density at radius 1 is 0.950 bits per heavy atom. The van der Waals surface area contributed by atoms with E-state index in [-0.39, 0.29) is 5.82 Å². The number of hydrogen-bond donors (Lipinski definition) is 1. The van der Waals surface area contributed by atoms with Gasteiger partial charge in [-0.25, -0.2) is 4.79 Å². The molecular weight excluding hydrogens is 537 g/mol. The maximum atomic E-state index is 12.7. The van der Waals surface area contributed by atoms with Gasteiger partial charge in [0.1, 0.15) is 17.8 Å². The van der Waals surface area contributed by atoms with Crippen molar-refractivity contribution in [2.24, 2.45) is 5.92 Å². The highest BCUT2D eigenvalue weighted by Gasteiger charge is 2.49. The van der Waals surface area contributed by atoms with Gasteiger partial charge in [-0.15, -0.1) is 0 Å². The van der Waals surface area contributed by atoms with E-state index < -0.39 is 46.7 Å². The van der Waals surface area contributed by atoms with Gasteiger partial charge in [0.05, 0.1) is 18.8 Å². The van der Waals surface area contributed by atoms with Crippen LogP contribution in [0, 0.1) is 17.2 Å². The van der Waals surface area contributed by atoms with Crippen molar-refractivity contribution >= 4 is 22.5 Å². The van der Waals surface area contributed by atoms with Crippen LogP contribution < -0.4 is 11.4 Å². The van der Waals surface area contributed by atoms with E-state index >= 15 is 0 Å². The van der Waals surface area contributed by atoms with E-state index in [9.17, 15) is 10.1 Å². The quantitative estimate of drug-likeness (QED) is 0.124. The molecule has 10 heteroatoms. The van der Waals surface area contributed by atoms with Crippen LogP contribution in [0.1, 0.15) is 97.1 Å². The van der Waals surface area contributed by atoms with Crippen molar-refractivity contribution in [3.05, 3.63) is 22.7 Å². The van der Waals surface area contributed by atoms with Gasteiger partial charge in [-0.3, -0.25) is 4.57 Å². The molecule has 1 aliphatic rings. The van der Waals surface area contributed by atoms with Crippen LogP contribution in [0.2, 0.25) is 38.3 Å². The molecular formula is C30H56N4O4Si2. The molecule has 228 valence electrons. The van der Waals surface area contributed by atoms with E-state index in [1.54, 1.807) is 12.3 Å². The molecule has 0 bridgehead atoms. The zero-order valence-corrected chi connectivity index (χ0v) is 28.1. The number of nitrogens with two attached hydrogens (primary N) is 1. The molecule has 40 heavy (non-hydrogen) atoms. The van der Waals surface area contributed by atoms with Gasteiger partial charge < -0.3 is 19.3 Å². The number of anilines is 1. The average Bonchev–Trinajstić information content (AvgIpc) is 3.23. The van der Waals surface area contributed by atoms with Crippen LogP contribution in [0.25, 0.3) is 0 Å². The summed E-state index contributed by atoms with van der Waals surface area (Å²) in [5.74, 6) is -0.494. The van der Waals surface area contributed by atoms with Crippen molar-refractivity contribution in [2.75, 3.05) is 12.3 Å². The SMILES string of the molecule is CCCCCCCC[Si](C)(C)OC[C@H]1O[C@@H](n2ccc(N)nc2=O)[C@@H](C#N)[C@@H]1O[Si](C)(C)CCCCCCCC. The third-order valence-electron chi connectivity index (χ3n) is 7.97. The number of aromatic nitrogens is 2. The highest BCUT2D eigenvalue weighted by molar-refractivity contribution is 6.71. The second-order valence-electron chi connectivity index (χ2n) is 12.7. The number of nitrogens with zero attached hydrogens (tertiary/aromatic N) is 3. The van der Waals surface area contributed by atoms with Crippen molar-refractivity contribution < 1.29 is 13.6 Å². The molecule has 4 atom stereocenters. The van der Waals surface area contributed by atoms with Crippen LogP contribution in [0.4, 0.5) is 5.82 Å². The Labute approximate surface area is 245 Å². The first kappa shape index (κ1) is 34.7. The number of ether oxygens (including phenoxy) is 1. The largest absolute Gasteiger partial charge is 0.415 e. The first-order chi connectivity index (χ1) is 19.0. The molecule has 0 spiro atoms. The monoisotopic (exact) mass is 592 g/mol. The second-order valence-corrected chi connectivity index (χ2v) is 21.3. The molecule has 0 amide bonds. The molecule has 1 aromatic rings. The molecule has 2 rings (SSSR count). The molecule has 8 nitrogen and oxygen atoms in total. The summed E-state index contributed by atoms with van der Waals surface area (Å²) >= 11 is 0. The van der Waals surface area contributed by atoms with E-state index in [0.29, 0.717) is 6.61 Å². The number of nitrogen functional groups attached to an aromatic ring is 1. The normalized spacial score (nSPS) is 21.5. The molecule has 2 N–H and O–H groups in total. The summed E-state index contributed by atoms with van der Waals surface area (Å²) < 4.78 is 21.2. The molecule has 1 aliphatic heterocycles. The predicted molar refractivity (Wildman–Crippen MR) is 168 cm³/mol. The summed E-state index contributed by atoms with van der Waals surface area (Å²) in [6.45, 7) is 13.8. The third-order valence-corrected chi connectivity index (χ3v) is 12.9. The van der Waals surface area contributed by atoms with Gasteiger partial charge in [-0.05, 0) is 44.3 Å². The van der Waals surface area contributed by atoms with Crippen LogP contribution in [0.15, 0.2) is 17.1 Å². The highest BCUT2D eigenvalue weighted by Crippen LogP contribution is 2.38. The van der Waals surface area contributed by atoms with Crippen LogP contribution in [0.5, 0.6) is 0 Å². The standard InChI is InChI=1S/C30H56N4O4Si2/c1-7-9-11-13-15-17-21-39(3,4)36-24-26-28(38-40(5,6)22-18-16-14-12-10-8-2)25(23-31)29(37-26)34-20-19-27(32)33-30(34)35/h19-20,25-26,28-29H,7-18,21-22,24H2,1-6H3,(H2,32,33,35)/t25-,26+,28-,29+/m0/s1.